The molecule has 0 heterocycles. The van der Waals surface area contributed by atoms with Gasteiger partial charge in [-0.05, 0) is 18.4 Å². The van der Waals surface area contributed by atoms with Gasteiger partial charge < -0.3 is 16.4 Å². The Morgan fingerprint density at radius 3 is 2.25 bits per heavy atom. The smallest absolute Gasteiger partial charge is 0.239 e. The maximum atomic E-state index is 11.3. The summed E-state index contributed by atoms with van der Waals surface area (Å²) in [5, 5.41) is 5.29. The van der Waals surface area contributed by atoms with Crippen LogP contribution in [0.3, 0.4) is 0 Å². The van der Waals surface area contributed by atoms with Crippen molar-refractivity contribution in [3.8, 4) is 0 Å². The standard InChI is InChI=1S/C11H23N3O2/c1-8(2)6-13-11(16)7-14-10(15)4-9(3)5-12/h8-9H,4-7,12H2,1-3H3,(H,13,16)(H,14,15). The fraction of sp³-hybridized carbons (Fsp3) is 0.818. The van der Waals surface area contributed by atoms with Gasteiger partial charge in [0, 0.05) is 13.0 Å². The molecule has 0 saturated carbocycles. The molecule has 0 aromatic heterocycles. The van der Waals surface area contributed by atoms with Crippen LogP contribution < -0.4 is 16.4 Å². The van der Waals surface area contributed by atoms with Gasteiger partial charge >= 0.3 is 0 Å². The van der Waals surface area contributed by atoms with Crippen LogP contribution in [0.1, 0.15) is 27.2 Å². The van der Waals surface area contributed by atoms with Gasteiger partial charge in [0.25, 0.3) is 0 Å². The highest BCUT2D eigenvalue weighted by molar-refractivity contribution is 5.84. The summed E-state index contributed by atoms with van der Waals surface area (Å²) in [6.45, 7) is 7.09. The summed E-state index contributed by atoms with van der Waals surface area (Å²) in [7, 11) is 0. The number of hydrogen-bond acceptors (Lipinski definition) is 3. The van der Waals surface area contributed by atoms with E-state index in [1.54, 1.807) is 0 Å². The van der Waals surface area contributed by atoms with E-state index in [1.807, 2.05) is 20.8 Å². The fourth-order valence-electron chi connectivity index (χ4n) is 1.03. The van der Waals surface area contributed by atoms with E-state index in [0.29, 0.717) is 25.4 Å². The second-order valence-corrected chi connectivity index (χ2v) is 4.52. The van der Waals surface area contributed by atoms with Crippen molar-refractivity contribution >= 4 is 11.8 Å². The van der Waals surface area contributed by atoms with E-state index < -0.39 is 0 Å². The lowest BCUT2D eigenvalue weighted by Crippen LogP contribution is -2.38. The van der Waals surface area contributed by atoms with E-state index in [2.05, 4.69) is 10.6 Å². The average molecular weight is 229 g/mol. The van der Waals surface area contributed by atoms with Gasteiger partial charge in [0.15, 0.2) is 0 Å². The molecular formula is C11H23N3O2. The fourth-order valence-corrected chi connectivity index (χ4v) is 1.03. The summed E-state index contributed by atoms with van der Waals surface area (Å²) in [4.78, 5) is 22.6. The third-order valence-corrected chi connectivity index (χ3v) is 2.09. The van der Waals surface area contributed by atoms with E-state index in [-0.39, 0.29) is 24.3 Å². The molecule has 5 heteroatoms. The predicted molar refractivity (Wildman–Crippen MR) is 63.7 cm³/mol. The lowest BCUT2D eigenvalue weighted by atomic mass is 10.1. The summed E-state index contributed by atoms with van der Waals surface area (Å²) in [6.07, 6.45) is 0.369. The Kier molecular flexibility index (Phi) is 7.54. The van der Waals surface area contributed by atoms with Crippen molar-refractivity contribution in [2.75, 3.05) is 19.6 Å². The monoisotopic (exact) mass is 229 g/mol. The van der Waals surface area contributed by atoms with Crippen molar-refractivity contribution in [1.29, 1.82) is 0 Å². The molecule has 0 fully saturated rings. The minimum atomic E-state index is -0.151. The topological polar surface area (TPSA) is 84.2 Å². The molecule has 0 aliphatic rings. The molecule has 0 saturated heterocycles. The van der Waals surface area contributed by atoms with Crippen molar-refractivity contribution in [3.63, 3.8) is 0 Å². The third kappa shape index (κ3) is 8.23. The van der Waals surface area contributed by atoms with Crippen LogP contribution >= 0.6 is 0 Å². The van der Waals surface area contributed by atoms with E-state index in [9.17, 15) is 9.59 Å². The van der Waals surface area contributed by atoms with Crippen LogP contribution in [0.4, 0.5) is 0 Å². The number of nitrogens with one attached hydrogen (secondary N) is 2. The summed E-state index contributed by atoms with van der Waals surface area (Å²) in [5.41, 5.74) is 5.40. The van der Waals surface area contributed by atoms with Crippen LogP contribution in [-0.2, 0) is 9.59 Å². The molecule has 94 valence electrons. The van der Waals surface area contributed by atoms with Gasteiger partial charge in [-0.1, -0.05) is 20.8 Å². The molecule has 4 N–H and O–H groups in total. The highest BCUT2D eigenvalue weighted by atomic mass is 16.2. The summed E-state index contributed by atoms with van der Waals surface area (Å²) in [6, 6.07) is 0. The number of carbonyl (C=O) groups excluding carboxylic acids is 2. The molecule has 1 unspecified atom stereocenters. The second kappa shape index (κ2) is 8.10. The van der Waals surface area contributed by atoms with E-state index in [4.69, 9.17) is 5.73 Å². The van der Waals surface area contributed by atoms with Crippen molar-refractivity contribution in [2.45, 2.75) is 27.2 Å². The van der Waals surface area contributed by atoms with Crippen LogP contribution in [0.15, 0.2) is 0 Å². The van der Waals surface area contributed by atoms with Crippen LogP contribution in [0, 0.1) is 11.8 Å². The molecule has 0 radical (unpaired) electrons. The van der Waals surface area contributed by atoms with E-state index in [0.717, 1.165) is 0 Å². The Hall–Kier alpha value is -1.10. The Labute approximate surface area is 97.2 Å². The van der Waals surface area contributed by atoms with Gasteiger partial charge in [0.2, 0.25) is 11.8 Å². The highest BCUT2D eigenvalue weighted by Gasteiger charge is 2.09. The Morgan fingerprint density at radius 2 is 1.75 bits per heavy atom. The predicted octanol–water partition coefficient (Wildman–Crippen LogP) is -0.140. The molecule has 0 aliphatic carbocycles. The Morgan fingerprint density at radius 1 is 1.12 bits per heavy atom. The van der Waals surface area contributed by atoms with Gasteiger partial charge in [-0.25, -0.2) is 0 Å². The minimum absolute atomic E-state index is 0.0445. The van der Waals surface area contributed by atoms with Crippen LogP contribution in [0.5, 0.6) is 0 Å². The number of carbonyl (C=O) groups is 2. The first-order valence-electron chi connectivity index (χ1n) is 5.69. The maximum Gasteiger partial charge on any atom is 0.239 e. The molecular weight excluding hydrogens is 206 g/mol. The number of rotatable bonds is 7. The second-order valence-electron chi connectivity index (χ2n) is 4.52. The first-order chi connectivity index (χ1) is 7.45. The highest BCUT2D eigenvalue weighted by Crippen LogP contribution is 1.97. The van der Waals surface area contributed by atoms with Crippen LogP contribution in [0.2, 0.25) is 0 Å². The summed E-state index contributed by atoms with van der Waals surface area (Å²) < 4.78 is 0. The molecule has 1 atom stereocenters. The first-order valence-corrected chi connectivity index (χ1v) is 5.69. The van der Waals surface area contributed by atoms with Gasteiger partial charge in [-0.2, -0.15) is 0 Å². The largest absolute Gasteiger partial charge is 0.354 e. The Balaban J connectivity index is 3.63. The average Bonchev–Trinajstić information content (AvgIpc) is 2.23. The van der Waals surface area contributed by atoms with Crippen molar-refractivity contribution in [1.82, 2.24) is 10.6 Å². The molecule has 0 aromatic carbocycles. The molecule has 0 rings (SSSR count). The van der Waals surface area contributed by atoms with Crippen molar-refractivity contribution in [3.05, 3.63) is 0 Å². The van der Waals surface area contributed by atoms with Crippen LogP contribution in [0.25, 0.3) is 0 Å². The van der Waals surface area contributed by atoms with Crippen molar-refractivity contribution in [2.24, 2.45) is 17.6 Å². The lowest BCUT2D eigenvalue weighted by molar-refractivity contribution is -0.126. The molecule has 0 aliphatic heterocycles. The maximum absolute atomic E-state index is 11.3. The summed E-state index contributed by atoms with van der Waals surface area (Å²) in [5.74, 6) is 0.288. The number of nitrogens with two attached hydrogens (primary N) is 1. The molecule has 5 nitrogen and oxygen atoms in total. The molecule has 0 bridgehead atoms. The molecule has 2 amide bonds. The minimum Gasteiger partial charge on any atom is -0.354 e. The zero-order valence-electron chi connectivity index (χ0n) is 10.4. The number of amides is 2. The van der Waals surface area contributed by atoms with E-state index >= 15 is 0 Å². The molecule has 0 aromatic rings. The zero-order chi connectivity index (χ0) is 12.6. The third-order valence-electron chi connectivity index (χ3n) is 2.09. The Bertz CT molecular complexity index is 229. The van der Waals surface area contributed by atoms with Gasteiger partial charge in [0.05, 0.1) is 6.54 Å². The van der Waals surface area contributed by atoms with Gasteiger partial charge in [-0.15, -0.1) is 0 Å². The number of hydrogen-bond donors (Lipinski definition) is 3. The lowest BCUT2D eigenvalue weighted by Gasteiger charge is -2.10. The van der Waals surface area contributed by atoms with Gasteiger partial charge in [0.1, 0.15) is 0 Å². The van der Waals surface area contributed by atoms with Crippen LogP contribution in [-0.4, -0.2) is 31.4 Å². The molecule has 16 heavy (non-hydrogen) atoms. The zero-order valence-corrected chi connectivity index (χ0v) is 10.4. The quantitative estimate of drug-likeness (QED) is 0.568. The van der Waals surface area contributed by atoms with Gasteiger partial charge in [-0.3, -0.25) is 9.59 Å². The first kappa shape index (κ1) is 14.9. The summed E-state index contributed by atoms with van der Waals surface area (Å²) >= 11 is 0. The normalized spacial score (nSPS) is 12.3. The van der Waals surface area contributed by atoms with Crippen molar-refractivity contribution < 1.29 is 9.59 Å². The molecule has 0 spiro atoms. The SMILES string of the molecule is CC(C)CNC(=O)CNC(=O)CC(C)CN. The van der Waals surface area contributed by atoms with E-state index in [1.165, 1.54) is 0 Å².